The van der Waals surface area contributed by atoms with Crippen molar-refractivity contribution in [1.29, 1.82) is 0 Å². The van der Waals surface area contributed by atoms with Gasteiger partial charge in [0.1, 0.15) is 11.9 Å². The van der Waals surface area contributed by atoms with Crippen LogP contribution in [-0.4, -0.2) is 48.7 Å². The van der Waals surface area contributed by atoms with E-state index in [0.29, 0.717) is 13.2 Å². The van der Waals surface area contributed by atoms with Crippen LogP contribution in [0.5, 0.6) is 0 Å². The van der Waals surface area contributed by atoms with Crippen LogP contribution in [0.1, 0.15) is 11.8 Å². The number of hydrogen-bond donors (Lipinski definition) is 0. The van der Waals surface area contributed by atoms with E-state index >= 15 is 0 Å². The summed E-state index contributed by atoms with van der Waals surface area (Å²) in [4.78, 5) is 17.4. The summed E-state index contributed by atoms with van der Waals surface area (Å²) in [6, 6.07) is 7.83. The number of pyridine rings is 1. The minimum absolute atomic E-state index is 0.0533. The van der Waals surface area contributed by atoms with Crippen molar-refractivity contribution < 1.29 is 4.74 Å². The van der Waals surface area contributed by atoms with Gasteiger partial charge in [-0.2, -0.15) is 0 Å². The number of rotatable bonds is 3. The Morgan fingerprint density at radius 1 is 1.19 bits per heavy atom. The molecule has 0 spiro atoms. The fraction of sp³-hybridized carbons (Fsp3) is 0.400. The smallest absolute Gasteiger partial charge is 0.225 e. The zero-order valence-corrected chi connectivity index (χ0v) is 12.3. The molecule has 0 bridgehead atoms. The Hall–Kier alpha value is -2.21. The highest BCUT2D eigenvalue weighted by atomic mass is 16.5. The van der Waals surface area contributed by atoms with Gasteiger partial charge in [-0.25, -0.2) is 15.0 Å². The maximum absolute atomic E-state index is 5.87. The molecule has 3 heterocycles. The largest absolute Gasteiger partial charge is 0.368 e. The fourth-order valence-corrected chi connectivity index (χ4v) is 2.33. The normalized spacial score (nSPS) is 18.6. The molecular weight excluding hydrogens is 266 g/mol. The minimum Gasteiger partial charge on any atom is -0.368 e. The highest BCUT2D eigenvalue weighted by Crippen LogP contribution is 2.24. The van der Waals surface area contributed by atoms with Gasteiger partial charge in [0.25, 0.3) is 0 Å². The number of nitrogens with zero attached hydrogens (tertiary/aromatic N) is 5. The molecule has 0 saturated carbocycles. The van der Waals surface area contributed by atoms with Crippen LogP contribution in [0.4, 0.5) is 11.8 Å². The van der Waals surface area contributed by atoms with Gasteiger partial charge in [0.2, 0.25) is 5.95 Å². The van der Waals surface area contributed by atoms with Gasteiger partial charge in [0.05, 0.1) is 18.8 Å². The zero-order valence-electron chi connectivity index (χ0n) is 12.3. The Morgan fingerprint density at radius 2 is 2.00 bits per heavy atom. The lowest BCUT2D eigenvalue weighted by molar-refractivity contribution is 0.0365. The molecule has 1 atom stereocenters. The first-order chi connectivity index (χ1) is 10.2. The lowest BCUT2D eigenvalue weighted by atomic mass is 10.2. The third-order valence-corrected chi connectivity index (χ3v) is 3.45. The van der Waals surface area contributed by atoms with Gasteiger partial charge < -0.3 is 14.5 Å². The maximum Gasteiger partial charge on any atom is 0.225 e. The SMILES string of the molecule is CN(C)c1cccc([C@H]2CN(c3ncccn3)CCO2)n1. The molecule has 1 aliphatic rings. The van der Waals surface area contributed by atoms with E-state index in [2.05, 4.69) is 19.9 Å². The van der Waals surface area contributed by atoms with Crippen molar-refractivity contribution in [2.45, 2.75) is 6.10 Å². The zero-order chi connectivity index (χ0) is 14.7. The van der Waals surface area contributed by atoms with Gasteiger partial charge in [0, 0.05) is 33.0 Å². The molecule has 1 fully saturated rings. The van der Waals surface area contributed by atoms with Crippen molar-refractivity contribution in [2.24, 2.45) is 0 Å². The Morgan fingerprint density at radius 3 is 2.76 bits per heavy atom. The molecule has 0 amide bonds. The van der Waals surface area contributed by atoms with Gasteiger partial charge in [-0.15, -0.1) is 0 Å². The summed E-state index contributed by atoms with van der Waals surface area (Å²) < 4.78 is 5.87. The van der Waals surface area contributed by atoms with E-state index in [4.69, 9.17) is 4.74 Å². The van der Waals surface area contributed by atoms with Crippen LogP contribution in [0, 0.1) is 0 Å². The Kier molecular flexibility index (Phi) is 3.96. The van der Waals surface area contributed by atoms with E-state index in [1.54, 1.807) is 12.4 Å². The number of ether oxygens (including phenoxy) is 1. The van der Waals surface area contributed by atoms with E-state index in [1.165, 1.54) is 0 Å². The first-order valence-electron chi connectivity index (χ1n) is 7.02. The molecule has 1 saturated heterocycles. The van der Waals surface area contributed by atoms with Crippen molar-refractivity contribution >= 4 is 11.8 Å². The Labute approximate surface area is 124 Å². The van der Waals surface area contributed by atoms with Crippen molar-refractivity contribution in [3.8, 4) is 0 Å². The minimum atomic E-state index is -0.0533. The van der Waals surface area contributed by atoms with Crippen LogP contribution >= 0.6 is 0 Å². The Balaban J connectivity index is 1.78. The number of anilines is 2. The van der Waals surface area contributed by atoms with Crippen molar-refractivity contribution in [3.63, 3.8) is 0 Å². The van der Waals surface area contributed by atoms with Crippen LogP contribution < -0.4 is 9.80 Å². The maximum atomic E-state index is 5.87. The van der Waals surface area contributed by atoms with Gasteiger partial charge in [-0.1, -0.05) is 6.07 Å². The molecule has 3 rings (SSSR count). The molecule has 0 aromatic carbocycles. The Bertz CT molecular complexity index is 590. The number of morpholine rings is 1. The summed E-state index contributed by atoms with van der Waals surface area (Å²) in [6.07, 6.45) is 3.47. The monoisotopic (exact) mass is 285 g/mol. The quantitative estimate of drug-likeness (QED) is 0.852. The highest BCUT2D eigenvalue weighted by molar-refractivity contribution is 5.38. The van der Waals surface area contributed by atoms with Crippen LogP contribution in [-0.2, 0) is 4.74 Å². The molecule has 6 nitrogen and oxygen atoms in total. The summed E-state index contributed by atoms with van der Waals surface area (Å²) >= 11 is 0. The fourth-order valence-electron chi connectivity index (χ4n) is 2.33. The standard InChI is InChI=1S/C15H19N5O/c1-19(2)14-6-3-5-12(18-14)13-11-20(9-10-21-13)15-16-7-4-8-17-15/h3-8,13H,9-11H2,1-2H3/t13-/m1/s1. The molecule has 1 aliphatic heterocycles. The van der Waals surface area contributed by atoms with Gasteiger partial charge in [-0.3, -0.25) is 0 Å². The van der Waals surface area contributed by atoms with E-state index in [-0.39, 0.29) is 6.10 Å². The van der Waals surface area contributed by atoms with E-state index in [1.807, 2.05) is 43.3 Å². The van der Waals surface area contributed by atoms with Crippen LogP contribution in [0.2, 0.25) is 0 Å². The molecule has 2 aromatic rings. The molecule has 110 valence electrons. The number of aromatic nitrogens is 3. The molecule has 0 radical (unpaired) electrons. The predicted molar refractivity (Wildman–Crippen MR) is 81.5 cm³/mol. The molecule has 21 heavy (non-hydrogen) atoms. The first-order valence-corrected chi connectivity index (χ1v) is 7.02. The van der Waals surface area contributed by atoms with Gasteiger partial charge >= 0.3 is 0 Å². The average molecular weight is 285 g/mol. The van der Waals surface area contributed by atoms with Crippen molar-refractivity contribution in [2.75, 3.05) is 43.6 Å². The summed E-state index contributed by atoms with van der Waals surface area (Å²) in [6.45, 7) is 2.17. The summed E-state index contributed by atoms with van der Waals surface area (Å²) in [5.74, 6) is 1.68. The summed E-state index contributed by atoms with van der Waals surface area (Å²) in [5, 5.41) is 0. The molecule has 6 heteroatoms. The average Bonchev–Trinajstić information content (AvgIpc) is 2.56. The third kappa shape index (κ3) is 3.11. The number of hydrogen-bond acceptors (Lipinski definition) is 6. The molecule has 2 aromatic heterocycles. The summed E-state index contributed by atoms with van der Waals surface area (Å²) in [5.41, 5.74) is 0.946. The summed E-state index contributed by atoms with van der Waals surface area (Å²) in [7, 11) is 3.97. The second kappa shape index (κ2) is 6.05. The van der Waals surface area contributed by atoms with Gasteiger partial charge in [0.15, 0.2) is 0 Å². The van der Waals surface area contributed by atoms with Crippen LogP contribution in [0.3, 0.4) is 0 Å². The highest BCUT2D eigenvalue weighted by Gasteiger charge is 2.24. The van der Waals surface area contributed by atoms with E-state index < -0.39 is 0 Å². The predicted octanol–water partition coefficient (Wildman–Crippen LogP) is 1.52. The topological polar surface area (TPSA) is 54.4 Å². The second-order valence-electron chi connectivity index (χ2n) is 5.17. The lowest BCUT2D eigenvalue weighted by Gasteiger charge is -2.32. The molecular formula is C15H19N5O. The first kappa shape index (κ1) is 13.8. The lowest BCUT2D eigenvalue weighted by Crippen LogP contribution is -2.39. The molecule has 0 unspecified atom stereocenters. The second-order valence-corrected chi connectivity index (χ2v) is 5.17. The third-order valence-electron chi connectivity index (χ3n) is 3.45. The molecule has 0 aliphatic carbocycles. The van der Waals surface area contributed by atoms with Gasteiger partial charge in [-0.05, 0) is 18.2 Å². The van der Waals surface area contributed by atoms with Crippen molar-refractivity contribution in [1.82, 2.24) is 15.0 Å². The van der Waals surface area contributed by atoms with Crippen molar-refractivity contribution in [3.05, 3.63) is 42.4 Å². The van der Waals surface area contributed by atoms with E-state index in [0.717, 1.165) is 24.0 Å². The van der Waals surface area contributed by atoms with E-state index in [9.17, 15) is 0 Å². The molecule has 0 N–H and O–H groups in total. The van der Waals surface area contributed by atoms with Crippen LogP contribution in [0.25, 0.3) is 0 Å². The van der Waals surface area contributed by atoms with Crippen LogP contribution in [0.15, 0.2) is 36.7 Å².